The van der Waals surface area contributed by atoms with Crippen molar-refractivity contribution in [3.8, 4) is 0 Å². The maximum Gasteiger partial charge on any atom is 0.130 e. The van der Waals surface area contributed by atoms with E-state index >= 15 is 0 Å². The van der Waals surface area contributed by atoms with Gasteiger partial charge in [-0.2, -0.15) is 5.10 Å². The van der Waals surface area contributed by atoms with Gasteiger partial charge in [0, 0.05) is 18.7 Å². The lowest BCUT2D eigenvalue weighted by atomic mass is 9.82. The smallest absolute Gasteiger partial charge is 0.130 e. The zero-order valence-corrected chi connectivity index (χ0v) is 11.7. The number of halogens is 1. The molecule has 1 saturated carbocycles. The molecule has 0 radical (unpaired) electrons. The lowest BCUT2D eigenvalue weighted by Gasteiger charge is -2.28. The molecule has 1 aliphatic rings. The molecule has 1 aromatic heterocycles. The number of aromatic nitrogens is 2. The van der Waals surface area contributed by atoms with Gasteiger partial charge in [-0.1, -0.05) is 24.4 Å². The van der Waals surface area contributed by atoms with E-state index in [2.05, 4.69) is 24.4 Å². The third-order valence-electron chi connectivity index (χ3n) is 3.95. The fourth-order valence-electron chi connectivity index (χ4n) is 2.93. The molecule has 4 heteroatoms. The monoisotopic (exact) mass is 255 g/mol. The Morgan fingerprint density at radius 2 is 2.24 bits per heavy atom. The molecule has 1 aliphatic carbocycles. The molecule has 17 heavy (non-hydrogen) atoms. The topological polar surface area (TPSA) is 29.9 Å². The summed E-state index contributed by atoms with van der Waals surface area (Å²) >= 11 is 6.29. The van der Waals surface area contributed by atoms with Crippen LogP contribution in [0, 0.1) is 12.8 Å². The fourth-order valence-corrected chi connectivity index (χ4v) is 3.18. The van der Waals surface area contributed by atoms with Gasteiger partial charge in [0.2, 0.25) is 0 Å². The van der Waals surface area contributed by atoms with Gasteiger partial charge >= 0.3 is 0 Å². The average molecular weight is 256 g/mol. The first-order valence-corrected chi connectivity index (χ1v) is 6.84. The maximum absolute atomic E-state index is 6.29. The van der Waals surface area contributed by atoms with Crippen molar-refractivity contribution in [3.05, 3.63) is 16.4 Å². The second-order valence-corrected chi connectivity index (χ2v) is 5.56. The van der Waals surface area contributed by atoms with Crippen LogP contribution < -0.4 is 5.32 Å². The molecule has 0 saturated heterocycles. The lowest BCUT2D eigenvalue weighted by Crippen LogP contribution is -2.32. The Morgan fingerprint density at radius 3 is 2.82 bits per heavy atom. The quantitative estimate of drug-likeness (QED) is 0.900. The highest BCUT2D eigenvalue weighted by Gasteiger charge is 2.23. The van der Waals surface area contributed by atoms with Crippen molar-refractivity contribution in [3.63, 3.8) is 0 Å². The second-order valence-electron chi connectivity index (χ2n) is 5.20. The molecule has 3 nitrogen and oxygen atoms in total. The van der Waals surface area contributed by atoms with E-state index in [0.717, 1.165) is 23.2 Å². The summed E-state index contributed by atoms with van der Waals surface area (Å²) in [4.78, 5) is 0. The number of nitrogens with zero attached hydrogens (tertiary/aromatic N) is 2. The van der Waals surface area contributed by atoms with Crippen molar-refractivity contribution in [2.45, 2.75) is 45.1 Å². The molecule has 0 amide bonds. The van der Waals surface area contributed by atoms with Gasteiger partial charge in [-0.3, -0.25) is 4.68 Å². The summed E-state index contributed by atoms with van der Waals surface area (Å²) < 4.78 is 1.78. The van der Waals surface area contributed by atoms with E-state index < -0.39 is 0 Å². The van der Waals surface area contributed by atoms with Crippen LogP contribution in [-0.4, -0.2) is 22.9 Å². The summed E-state index contributed by atoms with van der Waals surface area (Å²) in [5.74, 6) is 0.751. The van der Waals surface area contributed by atoms with Gasteiger partial charge < -0.3 is 5.32 Å². The number of hydrogen-bond donors (Lipinski definition) is 1. The molecule has 1 fully saturated rings. The summed E-state index contributed by atoms with van der Waals surface area (Å²) in [6.45, 7) is 2.06. The van der Waals surface area contributed by atoms with Gasteiger partial charge in [-0.25, -0.2) is 0 Å². The van der Waals surface area contributed by atoms with Crippen LogP contribution >= 0.6 is 11.6 Å². The van der Waals surface area contributed by atoms with Gasteiger partial charge in [0.25, 0.3) is 0 Å². The van der Waals surface area contributed by atoms with E-state index in [1.165, 1.54) is 31.2 Å². The molecule has 1 N–H and O–H groups in total. The zero-order chi connectivity index (χ0) is 12.4. The van der Waals surface area contributed by atoms with E-state index in [0.29, 0.717) is 6.04 Å². The summed E-state index contributed by atoms with van der Waals surface area (Å²) in [6.07, 6.45) is 6.31. The summed E-state index contributed by atoms with van der Waals surface area (Å²) in [5.41, 5.74) is 2.33. The Morgan fingerprint density at radius 1 is 1.47 bits per heavy atom. The highest BCUT2D eigenvalue weighted by molar-refractivity contribution is 6.30. The largest absolute Gasteiger partial charge is 0.317 e. The number of hydrogen-bond acceptors (Lipinski definition) is 2. The first-order valence-electron chi connectivity index (χ1n) is 6.47. The molecule has 0 bridgehead atoms. The van der Waals surface area contributed by atoms with Gasteiger partial charge in [0.1, 0.15) is 5.15 Å². The fraction of sp³-hybridized carbons (Fsp3) is 0.769. The molecule has 96 valence electrons. The minimum absolute atomic E-state index is 0.685. The summed E-state index contributed by atoms with van der Waals surface area (Å²) in [5, 5.41) is 8.60. The summed E-state index contributed by atoms with van der Waals surface area (Å²) in [6, 6.07) is 0.685. The SMILES string of the molecule is CNC1CCCC(Cc2c(C)nn(C)c2Cl)C1. The van der Waals surface area contributed by atoms with Crippen molar-refractivity contribution >= 4 is 11.6 Å². The van der Waals surface area contributed by atoms with Crippen LogP contribution in [0.1, 0.15) is 36.9 Å². The van der Waals surface area contributed by atoms with Gasteiger partial charge in [0.15, 0.2) is 0 Å². The van der Waals surface area contributed by atoms with Crippen LogP contribution in [-0.2, 0) is 13.5 Å². The highest BCUT2D eigenvalue weighted by atomic mass is 35.5. The highest BCUT2D eigenvalue weighted by Crippen LogP contribution is 2.30. The minimum Gasteiger partial charge on any atom is -0.317 e. The van der Waals surface area contributed by atoms with E-state index in [1.54, 1.807) is 4.68 Å². The average Bonchev–Trinajstić information content (AvgIpc) is 2.56. The Balaban J connectivity index is 2.05. The second kappa shape index (κ2) is 5.40. The Hall–Kier alpha value is -0.540. The summed E-state index contributed by atoms with van der Waals surface area (Å²) in [7, 11) is 3.98. The molecular weight excluding hydrogens is 234 g/mol. The van der Waals surface area contributed by atoms with E-state index in [4.69, 9.17) is 11.6 Å². The first-order chi connectivity index (χ1) is 8.11. The van der Waals surface area contributed by atoms with Crippen LogP contribution in [0.15, 0.2) is 0 Å². The number of rotatable bonds is 3. The molecule has 0 aliphatic heterocycles. The lowest BCUT2D eigenvalue weighted by molar-refractivity contribution is 0.294. The first kappa shape index (κ1) is 12.9. The van der Waals surface area contributed by atoms with Crippen molar-refractivity contribution in [1.29, 1.82) is 0 Å². The normalized spacial score (nSPS) is 25.2. The number of aryl methyl sites for hydroxylation is 2. The van der Waals surface area contributed by atoms with Crippen molar-refractivity contribution < 1.29 is 0 Å². The third-order valence-corrected chi connectivity index (χ3v) is 4.43. The third kappa shape index (κ3) is 2.83. The molecule has 0 aromatic carbocycles. The van der Waals surface area contributed by atoms with Crippen molar-refractivity contribution in [2.75, 3.05) is 7.05 Å². The van der Waals surface area contributed by atoms with Crippen molar-refractivity contribution in [1.82, 2.24) is 15.1 Å². The van der Waals surface area contributed by atoms with Gasteiger partial charge in [-0.05, 0) is 39.2 Å². The zero-order valence-electron chi connectivity index (χ0n) is 11.0. The Bertz CT molecular complexity index is 386. The molecule has 1 aromatic rings. The van der Waals surface area contributed by atoms with E-state index in [1.807, 2.05) is 7.05 Å². The molecule has 1 heterocycles. The molecule has 2 rings (SSSR count). The minimum atomic E-state index is 0.685. The van der Waals surface area contributed by atoms with Crippen LogP contribution in [0.4, 0.5) is 0 Å². The van der Waals surface area contributed by atoms with Crippen LogP contribution in [0.25, 0.3) is 0 Å². The molecular formula is C13H22ClN3. The van der Waals surface area contributed by atoms with Gasteiger partial charge in [0.05, 0.1) is 5.69 Å². The molecule has 2 atom stereocenters. The Kier molecular flexibility index (Phi) is 4.10. The van der Waals surface area contributed by atoms with Crippen LogP contribution in [0.5, 0.6) is 0 Å². The Labute approximate surface area is 109 Å². The number of nitrogens with one attached hydrogen (secondary N) is 1. The van der Waals surface area contributed by atoms with Crippen molar-refractivity contribution in [2.24, 2.45) is 13.0 Å². The van der Waals surface area contributed by atoms with E-state index in [9.17, 15) is 0 Å². The van der Waals surface area contributed by atoms with E-state index in [-0.39, 0.29) is 0 Å². The molecule has 2 unspecified atom stereocenters. The predicted octanol–water partition coefficient (Wildman–Crippen LogP) is 2.70. The maximum atomic E-state index is 6.29. The molecule has 0 spiro atoms. The predicted molar refractivity (Wildman–Crippen MR) is 71.5 cm³/mol. The van der Waals surface area contributed by atoms with Gasteiger partial charge in [-0.15, -0.1) is 0 Å². The van der Waals surface area contributed by atoms with Crippen LogP contribution in [0.3, 0.4) is 0 Å². The van der Waals surface area contributed by atoms with Crippen LogP contribution in [0.2, 0.25) is 5.15 Å². The standard InChI is InChI=1S/C13H22ClN3/c1-9-12(13(14)17(3)16-9)8-10-5-4-6-11(7-10)15-2/h10-11,15H,4-8H2,1-3H3.